The van der Waals surface area contributed by atoms with Crippen molar-refractivity contribution in [1.29, 1.82) is 0 Å². The van der Waals surface area contributed by atoms with Crippen molar-refractivity contribution < 1.29 is 9.15 Å². The van der Waals surface area contributed by atoms with Gasteiger partial charge in [0.05, 0.1) is 11.2 Å². The van der Waals surface area contributed by atoms with Crippen LogP contribution in [0.1, 0.15) is 36.1 Å². The standard InChI is InChI=1S/C30H26N2O3/c1-19-17-29(33)35-28-18-22(15-16-23(19)28)34-21-13-11-20(12-14-21)31-30-24-7-3-2-4-9-26(24)32-27-10-6-5-8-25(27)30/h5-6,8,10-18H,2-4,7,9H2,1H3,(H,31,32). The number of aromatic nitrogens is 1. The molecule has 0 atom stereocenters. The number of rotatable bonds is 4. The number of hydrogen-bond donors (Lipinski definition) is 1. The van der Waals surface area contributed by atoms with E-state index in [-0.39, 0.29) is 5.63 Å². The highest BCUT2D eigenvalue weighted by atomic mass is 16.5. The summed E-state index contributed by atoms with van der Waals surface area (Å²) in [6.45, 7) is 1.90. The van der Waals surface area contributed by atoms with Crippen LogP contribution in [0, 0.1) is 6.92 Å². The monoisotopic (exact) mass is 462 g/mol. The zero-order chi connectivity index (χ0) is 23.8. The van der Waals surface area contributed by atoms with Gasteiger partial charge < -0.3 is 14.5 Å². The molecule has 0 bridgehead atoms. The molecule has 0 fully saturated rings. The molecule has 0 saturated heterocycles. The molecule has 0 spiro atoms. The summed E-state index contributed by atoms with van der Waals surface area (Å²) >= 11 is 0. The maximum atomic E-state index is 11.7. The lowest BCUT2D eigenvalue weighted by atomic mass is 10.0. The summed E-state index contributed by atoms with van der Waals surface area (Å²) in [5, 5.41) is 5.74. The fraction of sp³-hybridized carbons (Fsp3) is 0.200. The zero-order valence-corrected chi connectivity index (χ0v) is 19.6. The van der Waals surface area contributed by atoms with E-state index in [1.807, 2.05) is 49.4 Å². The van der Waals surface area contributed by atoms with Crippen LogP contribution in [0.4, 0.5) is 11.4 Å². The maximum Gasteiger partial charge on any atom is 0.336 e. The largest absolute Gasteiger partial charge is 0.457 e. The van der Waals surface area contributed by atoms with Crippen molar-refractivity contribution in [3.05, 3.63) is 100 Å². The molecule has 6 rings (SSSR count). The molecule has 1 N–H and O–H groups in total. The van der Waals surface area contributed by atoms with Crippen molar-refractivity contribution in [2.45, 2.75) is 39.0 Å². The highest BCUT2D eigenvalue weighted by Crippen LogP contribution is 2.35. The minimum absolute atomic E-state index is 0.357. The van der Waals surface area contributed by atoms with Gasteiger partial charge in [-0.25, -0.2) is 4.79 Å². The molecule has 5 nitrogen and oxygen atoms in total. The molecule has 0 radical (unpaired) electrons. The minimum atomic E-state index is -0.357. The zero-order valence-electron chi connectivity index (χ0n) is 19.6. The average molecular weight is 463 g/mol. The van der Waals surface area contributed by atoms with Gasteiger partial charge in [0, 0.05) is 34.3 Å². The first-order valence-corrected chi connectivity index (χ1v) is 12.1. The van der Waals surface area contributed by atoms with E-state index in [0.29, 0.717) is 17.1 Å². The molecule has 1 aliphatic rings. The number of anilines is 2. The van der Waals surface area contributed by atoms with Crippen molar-refractivity contribution in [2.75, 3.05) is 5.32 Å². The first-order chi connectivity index (χ1) is 17.1. The van der Waals surface area contributed by atoms with E-state index in [4.69, 9.17) is 14.1 Å². The van der Waals surface area contributed by atoms with Crippen LogP contribution in [-0.2, 0) is 12.8 Å². The lowest BCUT2D eigenvalue weighted by Crippen LogP contribution is -2.03. The summed E-state index contributed by atoms with van der Waals surface area (Å²) in [5.41, 5.74) is 6.83. The molecule has 5 heteroatoms. The normalized spacial score (nSPS) is 13.4. The van der Waals surface area contributed by atoms with Gasteiger partial charge in [0.25, 0.3) is 0 Å². The number of nitrogens with one attached hydrogen (secondary N) is 1. The number of nitrogens with zero attached hydrogens (tertiary/aromatic N) is 1. The van der Waals surface area contributed by atoms with E-state index >= 15 is 0 Å². The van der Waals surface area contributed by atoms with Gasteiger partial charge in [-0.3, -0.25) is 4.98 Å². The van der Waals surface area contributed by atoms with Crippen LogP contribution in [0.5, 0.6) is 11.5 Å². The van der Waals surface area contributed by atoms with Gasteiger partial charge in [-0.15, -0.1) is 0 Å². The van der Waals surface area contributed by atoms with Gasteiger partial charge in [0.15, 0.2) is 0 Å². The van der Waals surface area contributed by atoms with Crippen LogP contribution in [0.3, 0.4) is 0 Å². The first-order valence-electron chi connectivity index (χ1n) is 12.1. The quantitative estimate of drug-likeness (QED) is 0.222. The van der Waals surface area contributed by atoms with Gasteiger partial charge in [-0.2, -0.15) is 0 Å². The molecule has 0 amide bonds. The highest BCUT2D eigenvalue weighted by Gasteiger charge is 2.17. The van der Waals surface area contributed by atoms with Crippen LogP contribution < -0.4 is 15.7 Å². The maximum absolute atomic E-state index is 11.7. The lowest BCUT2D eigenvalue weighted by Gasteiger charge is -2.17. The number of para-hydroxylation sites is 1. The molecule has 35 heavy (non-hydrogen) atoms. The number of benzene rings is 3. The van der Waals surface area contributed by atoms with Crippen LogP contribution >= 0.6 is 0 Å². The fourth-order valence-electron chi connectivity index (χ4n) is 4.95. The molecule has 5 aromatic rings. The molecule has 1 aliphatic carbocycles. The Kier molecular flexibility index (Phi) is 5.45. The fourth-order valence-corrected chi connectivity index (χ4v) is 4.95. The summed E-state index contributed by atoms with van der Waals surface area (Å²) < 4.78 is 11.4. The number of ether oxygens (including phenoxy) is 1. The summed E-state index contributed by atoms with van der Waals surface area (Å²) in [6.07, 6.45) is 5.72. The van der Waals surface area contributed by atoms with Crippen molar-refractivity contribution in [3.63, 3.8) is 0 Å². The molecule has 0 saturated carbocycles. The Bertz CT molecular complexity index is 1600. The number of aryl methyl sites for hydroxylation is 2. The minimum Gasteiger partial charge on any atom is -0.457 e. The summed E-state index contributed by atoms with van der Waals surface area (Å²) in [5.74, 6) is 1.33. The average Bonchev–Trinajstić information content (AvgIpc) is 3.10. The number of pyridine rings is 1. The highest BCUT2D eigenvalue weighted by molar-refractivity contribution is 5.95. The van der Waals surface area contributed by atoms with Crippen LogP contribution in [0.25, 0.3) is 21.9 Å². The Hall–Kier alpha value is -4.12. The van der Waals surface area contributed by atoms with Crippen molar-refractivity contribution in [3.8, 4) is 11.5 Å². The predicted octanol–water partition coefficient (Wildman–Crippen LogP) is 7.45. The Morgan fingerprint density at radius 1 is 0.857 bits per heavy atom. The SMILES string of the molecule is Cc1cc(=O)oc2cc(Oc3ccc(Nc4c5c(nc6ccccc46)CCCCC5)cc3)ccc12. The Labute approximate surface area is 203 Å². The molecule has 0 unspecified atom stereocenters. The van der Waals surface area contributed by atoms with Gasteiger partial charge in [0.1, 0.15) is 17.1 Å². The third-order valence-electron chi connectivity index (χ3n) is 6.70. The molecular weight excluding hydrogens is 436 g/mol. The summed E-state index contributed by atoms with van der Waals surface area (Å²) in [4.78, 5) is 16.7. The van der Waals surface area contributed by atoms with E-state index in [9.17, 15) is 4.79 Å². The predicted molar refractivity (Wildman–Crippen MR) is 140 cm³/mol. The van der Waals surface area contributed by atoms with Gasteiger partial charge >= 0.3 is 5.63 Å². The molecule has 0 aliphatic heterocycles. The second kappa shape index (κ2) is 8.91. The lowest BCUT2D eigenvalue weighted by molar-refractivity contribution is 0.480. The van der Waals surface area contributed by atoms with E-state index in [1.54, 1.807) is 6.07 Å². The molecule has 174 valence electrons. The summed E-state index contributed by atoms with van der Waals surface area (Å²) in [7, 11) is 0. The topological polar surface area (TPSA) is 64.4 Å². The second-order valence-corrected chi connectivity index (χ2v) is 9.15. The Balaban J connectivity index is 1.29. The van der Waals surface area contributed by atoms with Crippen LogP contribution in [0.2, 0.25) is 0 Å². The van der Waals surface area contributed by atoms with Crippen molar-refractivity contribution in [2.24, 2.45) is 0 Å². The smallest absolute Gasteiger partial charge is 0.336 e. The van der Waals surface area contributed by atoms with Gasteiger partial charge in [-0.05, 0) is 86.2 Å². The van der Waals surface area contributed by atoms with Crippen molar-refractivity contribution in [1.82, 2.24) is 4.98 Å². The first kappa shape index (κ1) is 21.4. The second-order valence-electron chi connectivity index (χ2n) is 9.15. The van der Waals surface area contributed by atoms with E-state index < -0.39 is 0 Å². The molecular formula is C30H26N2O3. The molecule has 2 heterocycles. The van der Waals surface area contributed by atoms with E-state index in [2.05, 4.69) is 23.5 Å². The van der Waals surface area contributed by atoms with E-state index in [0.717, 1.165) is 40.4 Å². The Morgan fingerprint density at radius 2 is 1.66 bits per heavy atom. The van der Waals surface area contributed by atoms with Crippen molar-refractivity contribution >= 4 is 33.2 Å². The van der Waals surface area contributed by atoms with Gasteiger partial charge in [0.2, 0.25) is 0 Å². The van der Waals surface area contributed by atoms with Crippen LogP contribution in [-0.4, -0.2) is 4.98 Å². The number of fused-ring (bicyclic) bond motifs is 3. The molecule has 2 aromatic heterocycles. The van der Waals surface area contributed by atoms with Gasteiger partial charge in [-0.1, -0.05) is 24.6 Å². The third-order valence-corrected chi connectivity index (χ3v) is 6.70. The Morgan fingerprint density at radius 3 is 2.54 bits per heavy atom. The van der Waals surface area contributed by atoms with E-state index in [1.165, 1.54) is 42.3 Å². The molecule has 3 aromatic carbocycles. The summed E-state index contributed by atoms with van der Waals surface area (Å²) in [6, 6.07) is 23.4. The van der Waals surface area contributed by atoms with Crippen LogP contribution in [0.15, 0.2) is 82.0 Å². The number of hydrogen-bond acceptors (Lipinski definition) is 5. The third kappa shape index (κ3) is 4.26.